The van der Waals surface area contributed by atoms with Crippen LogP contribution < -0.4 is 4.90 Å². The lowest BCUT2D eigenvalue weighted by atomic mass is 9.81. The monoisotopic (exact) mass is 753 g/mol. The van der Waals surface area contributed by atoms with Crippen molar-refractivity contribution < 1.29 is 4.42 Å². The molecule has 0 saturated heterocycles. The molecule has 2 nitrogen and oxygen atoms in total. The zero-order valence-corrected chi connectivity index (χ0v) is 32.9. The number of fused-ring (bicyclic) bond motifs is 10. The van der Waals surface area contributed by atoms with E-state index in [1.165, 1.54) is 71.4 Å². The molecule has 0 aliphatic heterocycles. The second kappa shape index (κ2) is 12.8. The lowest BCUT2D eigenvalue weighted by Crippen LogP contribution is -2.21. The van der Waals surface area contributed by atoms with Gasteiger partial charge >= 0.3 is 0 Å². The Kier molecular flexibility index (Phi) is 7.31. The highest BCUT2D eigenvalue weighted by molar-refractivity contribution is 6.13. The summed E-state index contributed by atoms with van der Waals surface area (Å²) in [7, 11) is 0. The molecule has 12 rings (SSSR count). The van der Waals surface area contributed by atoms with E-state index in [1.54, 1.807) is 0 Å². The van der Waals surface area contributed by atoms with Gasteiger partial charge in [-0.1, -0.05) is 166 Å². The maximum absolute atomic E-state index is 6.46. The average molecular weight is 754 g/mol. The summed E-state index contributed by atoms with van der Waals surface area (Å²) in [6.07, 6.45) is 0. The number of rotatable bonds is 5. The Morgan fingerprint density at radius 1 is 0.373 bits per heavy atom. The van der Waals surface area contributed by atoms with Crippen molar-refractivity contribution in [1.29, 1.82) is 0 Å². The topological polar surface area (TPSA) is 16.4 Å². The summed E-state index contributed by atoms with van der Waals surface area (Å²) in [5.41, 5.74) is 15.0. The van der Waals surface area contributed by atoms with Crippen LogP contribution in [0.5, 0.6) is 0 Å². The summed E-state index contributed by atoms with van der Waals surface area (Å²) in [5.74, 6) is 0. The Morgan fingerprint density at radius 2 is 1.00 bits per heavy atom. The normalized spacial score (nSPS) is 13.1. The van der Waals surface area contributed by atoms with Crippen LogP contribution in [0.15, 0.2) is 205 Å². The lowest BCUT2D eigenvalue weighted by molar-refractivity contribution is 0.661. The second-order valence-electron chi connectivity index (χ2n) is 16.5. The summed E-state index contributed by atoms with van der Waals surface area (Å²) >= 11 is 0. The minimum atomic E-state index is -0.210. The number of hydrogen-bond acceptors (Lipinski definition) is 2. The van der Waals surface area contributed by atoms with Crippen LogP contribution in [0.1, 0.15) is 25.0 Å². The van der Waals surface area contributed by atoms with Crippen molar-refractivity contribution in [2.45, 2.75) is 19.3 Å². The molecule has 0 fully saturated rings. The Labute approximate surface area is 343 Å². The van der Waals surface area contributed by atoms with Crippen molar-refractivity contribution in [3.8, 4) is 33.4 Å². The number of benzene rings is 10. The molecular weight excluding hydrogens is 715 g/mol. The molecule has 1 aromatic heterocycles. The zero-order chi connectivity index (χ0) is 39.2. The van der Waals surface area contributed by atoms with Crippen LogP contribution >= 0.6 is 0 Å². The largest absolute Gasteiger partial charge is 0.456 e. The van der Waals surface area contributed by atoms with E-state index in [9.17, 15) is 0 Å². The SMILES string of the molecule is CC1(C)c2ccccc2-c2cccc(N(c3ccc(-c4cccc5c4ccc4ccccc45)cc3)c3ccccc3-c3ccc4oc5cc6ccccc6cc5c4c3)c21. The first-order chi connectivity index (χ1) is 29.0. The zero-order valence-electron chi connectivity index (χ0n) is 32.9. The number of anilines is 3. The maximum Gasteiger partial charge on any atom is 0.136 e. The van der Waals surface area contributed by atoms with Gasteiger partial charge in [-0.2, -0.15) is 0 Å². The second-order valence-corrected chi connectivity index (χ2v) is 16.5. The van der Waals surface area contributed by atoms with E-state index in [0.29, 0.717) is 0 Å². The van der Waals surface area contributed by atoms with Gasteiger partial charge in [-0.15, -0.1) is 0 Å². The molecule has 278 valence electrons. The average Bonchev–Trinajstić information content (AvgIpc) is 3.76. The van der Waals surface area contributed by atoms with Crippen molar-refractivity contribution in [3.63, 3.8) is 0 Å². The number of hydrogen-bond donors (Lipinski definition) is 0. The molecule has 11 aromatic rings. The minimum absolute atomic E-state index is 0.210. The van der Waals surface area contributed by atoms with Crippen molar-refractivity contribution in [2.75, 3.05) is 4.90 Å². The number of nitrogens with zero attached hydrogens (tertiary/aromatic N) is 1. The van der Waals surface area contributed by atoms with Gasteiger partial charge in [0.2, 0.25) is 0 Å². The first-order valence-corrected chi connectivity index (χ1v) is 20.5. The smallest absolute Gasteiger partial charge is 0.136 e. The third-order valence-electron chi connectivity index (χ3n) is 12.8. The van der Waals surface area contributed by atoms with E-state index in [4.69, 9.17) is 4.42 Å². The summed E-state index contributed by atoms with van der Waals surface area (Å²) in [4.78, 5) is 2.49. The van der Waals surface area contributed by atoms with Gasteiger partial charge in [-0.25, -0.2) is 0 Å². The van der Waals surface area contributed by atoms with E-state index < -0.39 is 0 Å². The van der Waals surface area contributed by atoms with Crippen LogP contribution in [0.25, 0.3) is 87.6 Å². The van der Waals surface area contributed by atoms with Crippen LogP contribution in [0, 0.1) is 0 Å². The van der Waals surface area contributed by atoms with Gasteiger partial charge < -0.3 is 9.32 Å². The molecule has 0 saturated carbocycles. The molecule has 1 heterocycles. The van der Waals surface area contributed by atoms with Crippen LogP contribution in [0.2, 0.25) is 0 Å². The molecule has 0 unspecified atom stereocenters. The molecule has 10 aromatic carbocycles. The Hall–Kier alpha value is -7.42. The van der Waals surface area contributed by atoms with Gasteiger partial charge in [0, 0.05) is 27.4 Å². The van der Waals surface area contributed by atoms with E-state index in [2.05, 4.69) is 219 Å². The van der Waals surface area contributed by atoms with Crippen molar-refractivity contribution in [3.05, 3.63) is 211 Å². The fourth-order valence-electron chi connectivity index (χ4n) is 10.0. The molecule has 0 N–H and O–H groups in total. The molecule has 1 aliphatic carbocycles. The van der Waals surface area contributed by atoms with Crippen LogP contribution in [0.4, 0.5) is 17.1 Å². The Balaban J connectivity index is 1.06. The van der Waals surface area contributed by atoms with Gasteiger partial charge in [0.1, 0.15) is 11.2 Å². The predicted octanol–water partition coefficient (Wildman–Crippen LogP) is 16.2. The first-order valence-electron chi connectivity index (χ1n) is 20.5. The van der Waals surface area contributed by atoms with E-state index in [-0.39, 0.29) is 5.41 Å². The number of para-hydroxylation sites is 1. The number of furan rings is 1. The van der Waals surface area contributed by atoms with E-state index in [1.807, 2.05) is 0 Å². The van der Waals surface area contributed by atoms with Crippen molar-refractivity contribution >= 4 is 71.3 Å². The van der Waals surface area contributed by atoms with Gasteiger partial charge in [0.05, 0.1) is 11.4 Å². The van der Waals surface area contributed by atoms with Crippen molar-refractivity contribution in [2.24, 2.45) is 0 Å². The summed E-state index contributed by atoms with van der Waals surface area (Å²) in [5, 5.41) is 9.72. The van der Waals surface area contributed by atoms with Crippen LogP contribution in [-0.2, 0) is 5.41 Å². The van der Waals surface area contributed by atoms with Gasteiger partial charge in [0.25, 0.3) is 0 Å². The van der Waals surface area contributed by atoms with E-state index >= 15 is 0 Å². The quantitative estimate of drug-likeness (QED) is 0.163. The highest BCUT2D eigenvalue weighted by Gasteiger charge is 2.39. The fourth-order valence-corrected chi connectivity index (χ4v) is 10.0. The summed E-state index contributed by atoms with van der Waals surface area (Å²) < 4.78 is 6.46. The fraction of sp³-hybridized carbons (Fsp3) is 0.0526. The third kappa shape index (κ3) is 5.13. The summed E-state index contributed by atoms with van der Waals surface area (Å²) in [6.45, 7) is 4.75. The standard InChI is InChI=1S/C57H39NO/c1-57(2)51-22-9-7-18-47(51)48-21-12-24-53(56(48)57)58(41-29-25-37(26-30-41)43-19-11-20-45-42-16-6-5-13-36(42)27-31-46(43)45)52-23-10-8-17-44(52)40-28-32-54-49(34-40)50-33-38-14-3-4-15-39(38)35-55(50)59-54/h3-35H,1-2H3. The molecule has 1 aliphatic rings. The third-order valence-corrected chi connectivity index (χ3v) is 12.8. The lowest BCUT2D eigenvalue weighted by Gasteiger charge is -2.33. The minimum Gasteiger partial charge on any atom is -0.456 e. The molecule has 0 atom stereocenters. The van der Waals surface area contributed by atoms with Gasteiger partial charge in [0.15, 0.2) is 0 Å². The molecule has 0 spiro atoms. The predicted molar refractivity (Wildman–Crippen MR) is 249 cm³/mol. The maximum atomic E-state index is 6.46. The Morgan fingerprint density at radius 3 is 1.86 bits per heavy atom. The van der Waals surface area contributed by atoms with Crippen molar-refractivity contribution in [1.82, 2.24) is 0 Å². The van der Waals surface area contributed by atoms with Gasteiger partial charge in [-0.05, 0) is 120 Å². The molecule has 59 heavy (non-hydrogen) atoms. The molecule has 0 amide bonds. The van der Waals surface area contributed by atoms with Crippen LogP contribution in [-0.4, -0.2) is 0 Å². The molecule has 2 heteroatoms. The summed E-state index contributed by atoms with van der Waals surface area (Å²) in [6, 6.07) is 73.3. The van der Waals surface area contributed by atoms with Crippen LogP contribution in [0.3, 0.4) is 0 Å². The highest BCUT2D eigenvalue weighted by atomic mass is 16.3. The van der Waals surface area contributed by atoms with Gasteiger partial charge in [-0.3, -0.25) is 0 Å². The molecule has 0 radical (unpaired) electrons. The molecular formula is C57H39NO. The highest BCUT2D eigenvalue weighted by Crippen LogP contribution is 2.55. The molecule has 0 bridgehead atoms. The first kappa shape index (κ1) is 33.7. The van der Waals surface area contributed by atoms with E-state index in [0.717, 1.165) is 44.4 Å². The Bertz CT molecular complexity index is 3480.